The fourth-order valence-electron chi connectivity index (χ4n) is 2.82. The van der Waals surface area contributed by atoms with Crippen molar-refractivity contribution in [3.63, 3.8) is 0 Å². The maximum atomic E-state index is 10.1. The van der Waals surface area contributed by atoms with Crippen molar-refractivity contribution in [1.82, 2.24) is 0 Å². The van der Waals surface area contributed by atoms with Crippen molar-refractivity contribution in [3.8, 4) is 0 Å². The van der Waals surface area contributed by atoms with Crippen molar-refractivity contribution in [1.29, 1.82) is 0 Å². The average Bonchev–Trinajstić information content (AvgIpc) is 2.98. The van der Waals surface area contributed by atoms with E-state index in [4.69, 9.17) is 25.2 Å². The number of ether oxygens (including phenoxy) is 1. The molecule has 11 heteroatoms. The minimum atomic E-state index is -4.48. The van der Waals surface area contributed by atoms with Gasteiger partial charge in [0, 0.05) is 0 Å². The fraction of sp³-hybridized carbons (Fsp3) is 1.00. The van der Waals surface area contributed by atoms with Gasteiger partial charge in [0.15, 0.2) is 0 Å². The molecule has 1 aliphatic heterocycles. The molecule has 0 aromatic heterocycles. The Kier molecular flexibility index (Phi) is 21.3. The van der Waals surface area contributed by atoms with Crippen molar-refractivity contribution < 1.29 is 71.9 Å². The number of hydrogen-bond donors (Lipinski definition) is 4. The van der Waals surface area contributed by atoms with Crippen molar-refractivity contribution in [3.05, 3.63) is 0 Å². The van der Waals surface area contributed by atoms with E-state index in [-0.39, 0.29) is 42.8 Å². The first-order valence-corrected chi connectivity index (χ1v) is 11.4. The van der Waals surface area contributed by atoms with Gasteiger partial charge in [0.2, 0.25) is 10.4 Å². The van der Waals surface area contributed by atoms with Gasteiger partial charge < -0.3 is 29.7 Å². The molecule has 1 rings (SSSR count). The van der Waals surface area contributed by atoms with Crippen LogP contribution in [0.1, 0.15) is 71.1 Å². The van der Waals surface area contributed by atoms with Gasteiger partial charge in [-0.1, -0.05) is 64.7 Å². The monoisotopic (exact) mass is 452 g/mol. The minimum Gasteiger partial charge on any atom is -0.726 e. The maximum absolute atomic E-state index is 10.1. The molecule has 1 aliphatic rings. The van der Waals surface area contributed by atoms with Gasteiger partial charge in [-0.3, -0.25) is 4.18 Å². The molecular formula is C18H37NaO9S. The van der Waals surface area contributed by atoms with Gasteiger partial charge in [0.25, 0.3) is 0 Å². The molecule has 0 saturated carbocycles. The number of unbranched alkanes of at least 4 members (excludes halogenated alkanes) is 9. The molecule has 1 fully saturated rings. The smallest absolute Gasteiger partial charge is 0.726 e. The normalized spacial score (nSPS) is 22.5. The van der Waals surface area contributed by atoms with Gasteiger partial charge in [-0.05, 0) is 6.42 Å². The SMILES string of the molecule is CCCCCCCCCCCCOS(=O)(=O)[O-].OC[C@@H](O)[C@H]1OC[C@H](O)[C@H]1O.[Na+]. The second-order valence-electron chi connectivity index (χ2n) is 7.02. The Labute approximate surface area is 197 Å². The summed E-state index contributed by atoms with van der Waals surface area (Å²) in [5, 5.41) is 35.5. The number of aliphatic hydroxyl groups excluding tert-OH is 4. The molecule has 170 valence electrons. The molecule has 0 aromatic rings. The van der Waals surface area contributed by atoms with E-state index < -0.39 is 41.4 Å². The molecule has 4 N–H and O–H groups in total. The fourth-order valence-corrected chi connectivity index (χ4v) is 3.14. The van der Waals surface area contributed by atoms with E-state index in [1.807, 2.05) is 0 Å². The molecule has 1 saturated heterocycles. The second-order valence-corrected chi connectivity index (χ2v) is 8.07. The van der Waals surface area contributed by atoms with Gasteiger partial charge in [-0.25, -0.2) is 8.42 Å². The summed E-state index contributed by atoms with van der Waals surface area (Å²) in [5.41, 5.74) is 0. The summed E-state index contributed by atoms with van der Waals surface area (Å²) >= 11 is 0. The third-order valence-electron chi connectivity index (χ3n) is 4.48. The van der Waals surface area contributed by atoms with Crippen molar-refractivity contribution >= 4 is 10.4 Å². The number of rotatable bonds is 14. The average molecular weight is 453 g/mol. The van der Waals surface area contributed by atoms with Gasteiger partial charge in [0.05, 0.1) is 19.8 Å². The Hall–Kier alpha value is 0.670. The van der Waals surface area contributed by atoms with Crippen LogP contribution in [0.5, 0.6) is 0 Å². The summed E-state index contributed by atoms with van der Waals surface area (Å²) in [5.74, 6) is 0. The molecule has 0 bridgehead atoms. The predicted octanol–water partition coefficient (Wildman–Crippen LogP) is -2.15. The molecule has 0 radical (unpaired) electrons. The van der Waals surface area contributed by atoms with Crippen molar-refractivity contribution in [2.24, 2.45) is 0 Å². The maximum Gasteiger partial charge on any atom is 1.00 e. The van der Waals surface area contributed by atoms with Crippen LogP contribution >= 0.6 is 0 Å². The van der Waals surface area contributed by atoms with Crippen LogP contribution in [-0.2, 0) is 19.3 Å². The van der Waals surface area contributed by atoms with Crippen LogP contribution in [0, 0.1) is 0 Å². The Morgan fingerprint density at radius 1 is 1.03 bits per heavy atom. The third kappa shape index (κ3) is 18.0. The largest absolute Gasteiger partial charge is 1.00 e. The van der Waals surface area contributed by atoms with Crippen LogP contribution in [-0.4, -0.2) is 77.6 Å². The molecule has 0 amide bonds. The third-order valence-corrected chi connectivity index (χ3v) is 4.94. The van der Waals surface area contributed by atoms with Gasteiger partial charge >= 0.3 is 29.6 Å². The molecule has 0 unspecified atom stereocenters. The molecule has 0 spiro atoms. The first kappa shape index (κ1) is 31.9. The molecule has 1 heterocycles. The van der Waals surface area contributed by atoms with E-state index in [9.17, 15) is 13.0 Å². The van der Waals surface area contributed by atoms with E-state index in [0.717, 1.165) is 12.8 Å². The molecule has 9 nitrogen and oxygen atoms in total. The van der Waals surface area contributed by atoms with Crippen LogP contribution in [0.2, 0.25) is 0 Å². The molecule has 0 aromatic carbocycles. The van der Waals surface area contributed by atoms with Crippen LogP contribution in [0.15, 0.2) is 0 Å². The molecular weight excluding hydrogens is 415 g/mol. The van der Waals surface area contributed by atoms with E-state index in [0.29, 0.717) is 6.42 Å². The van der Waals surface area contributed by atoms with E-state index >= 15 is 0 Å². The first-order chi connectivity index (χ1) is 13.2. The quantitative estimate of drug-likeness (QED) is 0.0998. The summed E-state index contributed by atoms with van der Waals surface area (Å²) in [6, 6.07) is 0. The van der Waals surface area contributed by atoms with Gasteiger partial charge in [0.1, 0.15) is 24.4 Å². The summed E-state index contributed by atoms with van der Waals surface area (Å²) in [6.45, 7) is 1.77. The van der Waals surface area contributed by atoms with Crippen LogP contribution in [0.25, 0.3) is 0 Å². The summed E-state index contributed by atoms with van der Waals surface area (Å²) < 4.78 is 39.3. The summed E-state index contributed by atoms with van der Waals surface area (Å²) in [6.07, 6.45) is 7.65. The van der Waals surface area contributed by atoms with Crippen molar-refractivity contribution in [2.45, 2.75) is 95.5 Å². The predicted molar refractivity (Wildman–Crippen MR) is 102 cm³/mol. The molecule has 4 atom stereocenters. The van der Waals surface area contributed by atoms with Crippen LogP contribution in [0.3, 0.4) is 0 Å². The van der Waals surface area contributed by atoms with Gasteiger partial charge in [-0.15, -0.1) is 0 Å². The van der Waals surface area contributed by atoms with Crippen LogP contribution < -0.4 is 29.6 Å². The zero-order valence-electron chi connectivity index (χ0n) is 17.7. The standard InChI is InChI=1S/C12H26O4S.C6H12O5.Na/c1-2-3-4-5-6-7-8-9-10-11-12-16-17(13,14)15;7-1-3(8)6-5(10)4(9)2-11-6;/h2-12H2,1H3,(H,13,14,15);3-10H,1-2H2;/q;;+1/p-1/t;3-,4+,5-,6-;/m.1./s1. The Bertz CT molecular complexity index is 464. The topological polar surface area (TPSA) is 157 Å². The number of aliphatic hydroxyl groups is 4. The molecule has 0 aliphatic carbocycles. The summed E-state index contributed by atoms with van der Waals surface area (Å²) in [7, 11) is -4.48. The summed E-state index contributed by atoms with van der Waals surface area (Å²) in [4.78, 5) is 0. The second kappa shape index (κ2) is 19.4. The van der Waals surface area contributed by atoms with Gasteiger partial charge in [-0.2, -0.15) is 0 Å². The first-order valence-electron chi connectivity index (χ1n) is 10.1. The minimum absolute atomic E-state index is 0. The molecule has 29 heavy (non-hydrogen) atoms. The zero-order valence-corrected chi connectivity index (χ0v) is 20.6. The van der Waals surface area contributed by atoms with Crippen LogP contribution in [0.4, 0.5) is 0 Å². The van der Waals surface area contributed by atoms with Crippen molar-refractivity contribution in [2.75, 3.05) is 19.8 Å². The Balaban J connectivity index is 0. The zero-order chi connectivity index (χ0) is 21.4. The van der Waals surface area contributed by atoms with E-state index in [1.54, 1.807) is 0 Å². The Morgan fingerprint density at radius 2 is 1.52 bits per heavy atom. The number of hydrogen-bond acceptors (Lipinski definition) is 9. The Morgan fingerprint density at radius 3 is 1.90 bits per heavy atom. The van der Waals surface area contributed by atoms with E-state index in [2.05, 4.69) is 11.1 Å². The van der Waals surface area contributed by atoms with E-state index in [1.165, 1.54) is 44.9 Å².